The van der Waals surface area contributed by atoms with Crippen LogP contribution in [0.4, 0.5) is 11.4 Å². The molecule has 0 saturated heterocycles. The zero-order chi connectivity index (χ0) is 14.5. The van der Waals surface area contributed by atoms with Gasteiger partial charge in [-0.3, -0.25) is 4.79 Å². The minimum Gasteiger partial charge on any atom is -0.482 e. The number of hydrogen-bond acceptors (Lipinski definition) is 3. The molecule has 0 heterocycles. The minimum atomic E-state index is -0.242. The number of benzene rings is 2. The van der Waals surface area contributed by atoms with Crippen molar-refractivity contribution in [2.45, 2.75) is 6.92 Å². The largest absolute Gasteiger partial charge is 0.482 e. The van der Waals surface area contributed by atoms with Gasteiger partial charge in [-0.05, 0) is 36.8 Å². The van der Waals surface area contributed by atoms with Gasteiger partial charge < -0.3 is 15.8 Å². The van der Waals surface area contributed by atoms with Crippen LogP contribution in [0, 0.1) is 6.92 Å². The summed E-state index contributed by atoms with van der Waals surface area (Å²) in [7, 11) is 0. The Labute approximate surface area is 122 Å². The number of halogens is 1. The standard InChI is InChI=1S/C15H15ClN2O2/c1-10-4-2-3-5-13(10)18-15(19)9-20-14-7-6-11(16)8-12(14)17/h2-8H,9,17H2,1H3,(H,18,19). The molecule has 104 valence electrons. The Morgan fingerprint density at radius 3 is 2.75 bits per heavy atom. The van der Waals surface area contributed by atoms with Crippen LogP contribution < -0.4 is 15.8 Å². The lowest BCUT2D eigenvalue weighted by Crippen LogP contribution is -2.20. The average molecular weight is 291 g/mol. The predicted octanol–water partition coefficient (Wildman–Crippen LogP) is 3.25. The number of amides is 1. The summed E-state index contributed by atoms with van der Waals surface area (Å²) in [6.07, 6.45) is 0. The van der Waals surface area contributed by atoms with Gasteiger partial charge in [0.2, 0.25) is 0 Å². The number of aryl methyl sites for hydroxylation is 1. The fourth-order valence-electron chi connectivity index (χ4n) is 1.69. The molecule has 20 heavy (non-hydrogen) atoms. The van der Waals surface area contributed by atoms with E-state index < -0.39 is 0 Å². The SMILES string of the molecule is Cc1ccccc1NC(=O)COc1ccc(Cl)cc1N. The van der Waals surface area contributed by atoms with Crippen LogP contribution in [0.3, 0.4) is 0 Å². The Morgan fingerprint density at radius 2 is 2.05 bits per heavy atom. The van der Waals surface area contributed by atoms with Gasteiger partial charge in [0.25, 0.3) is 5.91 Å². The monoisotopic (exact) mass is 290 g/mol. The Kier molecular flexibility index (Phi) is 4.48. The van der Waals surface area contributed by atoms with Crippen LogP contribution in [0.1, 0.15) is 5.56 Å². The van der Waals surface area contributed by atoms with E-state index in [2.05, 4.69) is 5.32 Å². The van der Waals surface area contributed by atoms with Crippen molar-refractivity contribution in [2.24, 2.45) is 0 Å². The molecule has 0 aliphatic carbocycles. The molecule has 0 spiro atoms. The van der Waals surface area contributed by atoms with Crippen LogP contribution in [0.2, 0.25) is 5.02 Å². The summed E-state index contributed by atoms with van der Waals surface area (Å²) >= 11 is 5.79. The molecule has 0 atom stereocenters. The fourth-order valence-corrected chi connectivity index (χ4v) is 1.87. The van der Waals surface area contributed by atoms with Gasteiger partial charge in [-0.25, -0.2) is 0 Å². The van der Waals surface area contributed by atoms with E-state index in [-0.39, 0.29) is 12.5 Å². The Hall–Kier alpha value is -2.20. The third-order valence-corrected chi connectivity index (χ3v) is 2.98. The topological polar surface area (TPSA) is 64.3 Å². The fraction of sp³-hybridized carbons (Fsp3) is 0.133. The molecule has 0 aliphatic heterocycles. The second-order valence-corrected chi connectivity index (χ2v) is 4.77. The number of hydrogen-bond donors (Lipinski definition) is 2. The van der Waals surface area contributed by atoms with E-state index in [1.54, 1.807) is 18.2 Å². The number of rotatable bonds is 4. The molecule has 2 rings (SSSR count). The number of nitrogen functional groups attached to an aromatic ring is 1. The zero-order valence-corrected chi connectivity index (χ0v) is 11.8. The summed E-state index contributed by atoms with van der Waals surface area (Å²) in [5.41, 5.74) is 7.91. The smallest absolute Gasteiger partial charge is 0.262 e. The lowest BCUT2D eigenvalue weighted by Gasteiger charge is -2.10. The van der Waals surface area contributed by atoms with Crippen LogP contribution >= 0.6 is 11.6 Å². The van der Waals surface area contributed by atoms with Crippen molar-refractivity contribution >= 4 is 28.9 Å². The maximum atomic E-state index is 11.8. The number of nitrogens with two attached hydrogens (primary N) is 1. The molecular weight excluding hydrogens is 276 g/mol. The quantitative estimate of drug-likeness (QED) is 0.850. The first kappa shape index (κ1) is 14.2. The van der Waals surface area contributed by atoms with Crippen LogP contribution in [-0.4, -0.2) is 12.5 Å². The highest BCUT2D eigenvalue weighted by molar-refractivity contribution is 6.30. The van der Waals surface area contributed by atoms with Crippen LogP contribution in [0.15, 0.2) is 42.5 Å². The highest BCUT2D eigenvalue weighted by Crippen LogP contribution is 2.24. The number of carbonyl (C=O) groups excluding carboxylic acids is 1. The number of para-hydroxylation sites is 1. The number of ether oxygens (including phenoxy) is 1. The highest BCUT2D eigenvalue weighted by atomic mass is 35.5. The third-order valence-electron chi connectivity index (χ3n) is 2.75. The van der Waals surface area contributed by atoms with E-state index in [0.29, 0.717) is 16.5 Å². The van der Waals surface area contributed by atoms with Crippen molar-refractivity contribution in [1.82, 2.24) is 0 Å². The average Bonchev–Trinajstić information content (AvgIpc) is 2.40. The molecule has 5 heteroatoms. The molecule has 0 saturated carbocycles. The van der Waals surface area contributed by atoms with Gasteiger partial charge in [0, 0.05) is 10.7 Å². The Morgan fingerprint density at radius 1 is 1.30 bits per heavy atom. The first-order valence-corrected chi connectivity index (χ1v) is 6.47. The lowest BCUT2D eigenvalue weighted by atomic mass is 10.2. The summed E-state index contributed by atoms with van der Waals surface area (Å²) in [4.78, 5) is 11.8. The number of carbonyl (C=O) groups is 1. The highest BCUT2D eigenvalue weighted by Gasteiger charge is 2.07. The zero-order valence-electron chi connectivity index (χ0n) is 11.0. The molecule has 0 bridgehead atoms. The molecule has 0 radical (unpaired) electrons. The van der Waals surface area contributed by atoms with Crippen LogP contribution in [0.5, 0.6) is 5.75 Å². The summed E-state index contributed by atoms with van der Waals surface area (Å²) in [5, 5.41) is 3.31. The summed E-state index contributed by atoms with van der Waals surface area (Å²) in [6, 6.07) is 12.4. The second kappa shape index (κ2) is 6.30. The Bertz CT molecular complexity index is 629. The van der Waals surface area contributed by atoms with Crippen molar-refractivity contribution < 1.29 is 9.53 Å². The van der Waals surface area contributed by atoms with E-state index in [0.717, 1.165) is 11.3 Å². The predicted molar refractivity (Wildman–Crippen MR) is 81.2 cm³/mol. The van der Waals surface area contributed by atoms with Crippen molar-refractivity contribution in [3.8, 4) is 5.75 Å². The maximum Gasteiger partial charge on any atom is 0.262 e. The minimum absolute atomic E-state index is 0.111. The third kappa shape index (κ3) is 3.65. The second-order valence-electron chi connectivity index (χ2n) is 4.33. The molecule has 2 aromatic rings. The van der Waals surface area contributed by atoms with E-state index in [9.17, 15) is 4.79 Å². The summed E-state index contributed by atoms with van der Waals surface area (Å²) in [6.45, 7) is 1.81. The molecule has 1 amide bonds. The first-order chi connectivity index (χ1) is 9.56. The van der Waals surface area contributed by atoms with Gasteiger partial charge in [0.1, 0.15) is 5.75 Å². The van der Waals surface area contributed by atoms with Gasteiger partial charge in [-0.1, -0.05) is 29.8 Å². The Balaban J connectivity index is 1.94. The normalized spacial score (nSPS) is 10.1. The van der Waals surface area contributed by atoms with Crippen LogP contribution in [-0.2, 0) is 4.79 Å². The van der Waals surface area contributed by atoms with E-state index in [4.69, 9.17) is 22.1 Å². The van der Waals surface area contributed by atoms with Gasteiger partial charge in [-0.2, -0.15) is 0 Å². The number of nitrogens with one attached hydrogen (secondary N) is 1. The molecule has 0 aromatic heterocycles. The van der Waals surface area contributed by atoms with Gasteiger partial charge >= 0.3 is 0 Å². The molecule has 0 unspecified atom stereocenters. The van der Waals surface area contributed by atoms with Crippen molar-refractivity contribution in [3.63, 3.8) is 0 Å². The van der Waals surface area contributed by atoms with Gasteiger partial charge in [0.05, 0.1) is 5.69 Å². The van der Waals surface area contributed by atoms with Crippen molar-refractivity contribution in [3.05, 3.63) is 53.1 Å². The van der Waals surface area contributed by atoms with Gasteiger partial charge in [-0.15, -0.1) is 0 Å². The number of anilines is 2. The van der Waals surface area contributed by atoms with E-state index in [1.165, 1.54) is 0 Å². The first-order valence-electron chi connectivity index (χ1n) is 6.09. The van der Waals surface area contributed by atoms with Crippen molar-refractivity contribution in [2.75, 3.05) is 17.7 Å². The van der Waals surface area contributed by atoms with Crippen molar-refractivity contribution in [1.29, 1.82) is 0 Å². The molecule has 4 nitrogen and oxygen atoms in total. The van der Waals surface area contributed by atoms with Gasteiger partial charge in [0.15, 0.2) is 6.61 Å². The van der Waals surface area contributed by atoms with E-state index >= 15 is 0 Å². The lowest BCUT2D eigenvalue weighted by molar-refractivity contribution is -0.118. The molecule has 3 N–H and O–H groups in total. The molecular formula is C15H15ClN2O2. The maximum absolute atomic E-state index is 11.8. The van der Waals surface area contributed by atoms with E-state index in [1.807, 2.05) is 31.2 Å². The molecule has 0 fully saturated rings. The molecule has 2 aromatic carbocycles. The van der Waals surface area contributed by atoms with Crippen LogP contribution in [0.25, 0.3) is 0 Å². The summed E-state index contributed by atoms with van der Waals surface area (Å²) < 4.78 is 5.37. The molecule has 0 aliphatic rings. The summed E-state index contributed by atoms with van der Waals surface area (Å²) in [5.74, 6) is 0.197.